The zero-order valence-corrected chi connectivity index (χ0v) is 10.2. The summed E-state index contributed by atoms with van der Waals surface area (Å²) in [5.41, 5.74) is 6.00. The predicted octanol–water partition coefficient (Wildman–Crippen LogP) is 1.35. The van der Waals surface area contributed by atoms with E-state index in [-0.39, 0.29) is 0 Å². The molecule has 2 N–H and O–H groups in total. The molecule has 16 heavy (non-hydrogen) atoms. The molecule has 0 bridgehead atoms. The van der Waals surface area contributed by atoms with Crippen LogP contribution in [0.3, 0.4) is 0 Å². The number of guanidine groups is 1. The lowest BCUT2D eigenvalue weighted by molar-refractivity contribution is 0.0162. The lowest BCUT2D eigenvalue weighted by Crippen LogP contribution is -2.46. The van der Waals surface area contributed by atoms with Crippen LogP contribution in [0.5, 0.6) is 0 Å². The van der Waals surface area contributed by atoms with Gasteiger partial charge in [0.25, 0.3) is 0 Å². The minimum atomic E-state index is 0.349. The highest BCUT2D eigenvalue weighted by molar-refractivity contribution is 5.78. The van der Waals surface area contributed by atoms with Crippen molar-refractivity contribution in [3.63, 3.8) is 0 Å². The third kappa shape index (κ3) is 3.37. The van der Waals surface area contributed by atoms with E-state index in [0.29, 0.717) is 12.1 Å². The standard InChI is InChI=1S/C12H23N3O/c1-2-8-16-11-4-3-7-15(9-11)12(13)14-10-5-6-10/h10-11H,2-9H2,1H3,(H2,13,14). The first-order valence-electron chi connectivity index (χ1n) is 6.49. The maximum absolute atomic E-state index is 6.00. The molecule has 2 rings (SSSR count). The summed E-state index contributed by atoms with van der Waals surface area (Å²) >= 11 is 0. The second-order valence-electron chi connectivity index (χ2n) is 4.80. The normalized spacial score (nSPS) is 27.2. The summed E-state index contributed by atoms with van der Waals surface area (Å²) < 4.78 is 5.78. The summed E-state index contributed by atoms with van der Waals surface area (Å²) in [6.07, 6.45) is 6.18. The highest BCUT2D eigenvalue weighted by atomic mass is 16.5. The topological polar surface area (TPSA) is 50.9 Å². The Bertz CT molecular complexity index is 251. The zero-order chi connectivity index (χ0) is 11.4. The van der Waals surface area contributed by atoms with Gasteiger partial charge >= 0.3 is 0 Å². The van der Waals surface area contributed by atoms with Gasteiger partial charge in [-0.3, -0.25) is 0 Å². The van der Waals surface area contributed by atoms with Crippen molar-refractivity contribution >= 4 is 5.96 Å². The fourth-order valence-electron chi connectivity index (χ4n) is 2.04. The van der Waals surface area contributed by atoms with Crippen molar-refractivity contribution in [3.05, 3.63) is 0 Å². The molecule has 1 unspecified atom stereocenters. The third-order valence-electron chi connectivity index (χ3n) is 3.12. The molecule has 1 aliphatic heterocycles. The van der Waals surface area contributed by atoms with Gasteiger partial charge in [0, 0.05) is 19.7 Å². The molecule has 1 aliphatic carbocycles. The molecule has 1 heterocycles. The molecule has 4 nitrogen and oxygen atoms in total. The van der Waals surface area contributed by atoms with Gasteiger partial charge in [-0.25, -0.2) is 4.99 Å². The van der Waals surface area contributed by atoms with Crippen LogP contribution in [-0.2, 0) is 4.74 Å². The van der Waals surface area contributed by atoms with Crippen LogP contribution in [0.2, 0.25) is 0 Å². The van der Waals surface area contributed by atoms with Crippen LogP contribution in [-0.4, -0.2) is 42.7 Å². The highest BCUT2D eigenvalue weighted by Gasteiger charge is 2.25. The molecule has 0 aromatic rings. The van der Waals surface area contributed by atoms with Gasteiger partial charge in [-0.2, -0.15) is 0 Å². The first-order valence-corrected chi connectivity index (χ1v) is 6.49. The summed E-state index contributed by atoms with van der Waals surface area (Å²) in [5.74, 6) is 0.729. The van der Waals surface area contributed by atoms with Crippen molar-refractivity contribution in [2.45, 2.75) is 51.2 Å². The van der Waals surface area contributed by atoms with Gasteiger partial charge in [0.1, 0.15) is 0 Å². The number of rotatable bonds is 4. The Kier molecular flexibility index (Phi) is 4.04. The number of aliphatic imine (C=N–C) groups is 1. The Labute approximate surface area is 97.9 Å². The van der Waals surface area contributed by atoms with E-state index in [4.69, 9.17) is 10.5 Å². The zero-order valence-electron chi connectivity index (χ0n) is 10.2. The Hall–Kier alpha value is -0.770. The molecule has 1 atom stereocenters. The number of nitrogens with zero attached hydrogens (tertiary/aromatic N) is 2. The van der Waals surface area contributed by atoms with Gasteiger partial charge in [-0.1, -0.05) is 6.92 Å². The molecular formula is C12H23N3O. The molecule has 0 aromatic heterocycles. The van der Waals surface area contributed by atoms with E-state index in [0.717, 1.165) is 44.9 Å². The molecule has 2 fully saturated rings. The number of hydrogen-bond acceptors (Lipinski definition) is 2. The number of hydrogen-bond donors (Lipinski definition) is 1. The van der Waals surface area contributed by atoms with Crippen molar-refractivity contribution in [3.8, 4) is 0 Å². The average molecular weight is 225 g/mol. The van der Waals surface area contributed by atoms with Crippen LogP contribution in [0, 0.1) is 0 Å². The van der Waals surface area contributed by atoms with E-state index in [1.807, 2.05) is 0 Å². The van der Waals surface area contributed by atoms with Gasteiger partial charge in [0.05, 0.1) is 12.1 Å². The van der Waals surface area contributed by atoms with E-state index in [1.54, 1.807) is 0 Å². The van der Waals surface area contributed by atoms with Crippen LogP contribution < -0.4 is 5.73 Å². The summed E-state index contributed by atoms with van der Waals surface area (Å²) in [5, 5.41) is 0. The predicted molar refractivity (Wildman–Crippen MR) is 65.5 cm³/mol. The maximum Gasteiger partial charge on any atom is 0.191 e. The molecule has 2 aliphatic rings. The number of piperidine rings is 1. The van der Waals surface area contributed by atoms with Gasteiger partial charge in [0.2, 0.25) is 0 Å². The first kappa shape index (κ1) is 11.7. The molecule has 1 saturated heterocycles. The van der Waals surface area contributed by atoms with Crippen molar-refractivity contribution in [2.24, 2.45) is 10.7 Å². The van der Waals surface area contributed by atoms with Gasteiger partial charge in [-0.05, 0) is 32.1 Å². The van der Waals surface area contributed by atoms with Crippen LogP contribution in [0.1, 0.15) is 39.0 Å². The van der Waals surface area contributed by atoms with E-state index in [2.05, 4.69) is 16.8 Å². The van der Waals surface area contributed by atoms with Gasteiger partial charge in [0.15, 0.2) is 5.96 Å². The highest BCUT2D eigenvalue weighted by Crippen LogP contribution is 2.24. The maximum atomic E-state index is 6.00. The molecule has 0 aromatic carbocycles. The van der Waals surface area contributed by atoms with Crippen molar-refractivity contribution < 1.29 is 4.74 Å². The molecular weight excluding hydrogens is 202 g/mol. The summed E-state index contributed by atoms with van der Waals surface area (Å²) in [7, 11) is 0. The Morgan fingerprint density at radius 3 is 2.94 bits per heavy atom. The lowest BCUT2D eigenvalue weighted by atomic mass is 10.1. The second kappa shape index (κ2) is 5.53. The van der Waals surface area contributed by atoms with Gasteiger partial charge in [-0.15, -0.1) is 0 Å². The number of nitrogens with two attached hydrogens (primary N) is 1. The second-order valence-corrected chi connectivity index (χ2v) is 4.80. The van der Waals surface area contributed by atoms with E-state index >= 15 is 0 Å². The van der Waals surface area contributed by atoms with Crippen LogP contribution >= 0.6 is 0 Å². The monoisotopic (exact) mass is 225 g/mol. The van der Waals surface area contributed by atoms with E-state index in [1.165, 1.54) is 12.8 Å². The quantitative estimate of drug-likeness (QED) is 0.580. The molecule has 0 spiro atoms. The Morgan fingerprint density at radius 1 is 1.44 bits per heavy atom. The van der Waals surface area contributed by atoms with Crippen molar-refractivity contribution in [1.82, 2.24) is 4.90 Å². The minimum Gasteiger partial charge on any atom is -0.376 e. The fourth-order valence-corrected chi connectivity index (χ4v) is 2.04. The van der Waals surface area contributed by atoms with Gasteiger partial charge < -0.3 is 15.4 Å². The molecule has 1 saturated carbocycles. The smallest absolute Gasteiger partial charge is 0.191 e. The minimum absolute atomic E-state index is 0.349. The number of likely N-dealkylation sites (tertiary alicyclic amines) is 1. The van der Waals surface area contributed by atoms with Crippen molar-refractivity contribution in [1.29, 1.82) is 0 Å². The van der Waals surface area contributed by atoms with E-state index in [9.17, 15) is 0 Å². The SMILES string of the molecule is CCCOC1CCCN(C(N)=NC2CC2)C1. The fraction of sp³-hybridized carbons (Fsp3) is 0.917. The number of ether oxygens (including phenoxy) is 1. The first-order chi connectivity index (χ1) is 7.79. The molecule has 0 amide bonds. The summed E-state index contributed by atoms with van der Waals surface area (Å²) in [4.78, 5) is 6.67. The van der Waals surface area contributed by atoms with E-state index < -0.39 is 0 Å². The lowest BCUT2D eigenvalue weighted by Gasteiger charge is -2.33. The van der Waals surface area contributed by atoms with Crippen LogP contribution in [0.25, 0.3) is 0 Å². The largest absolute Gasteiger partial charge is 0.376 e. The molecule has 0 radical (unpaired) electrons. The van der Waals surface area contributed by atoms with Crippen LogP contribution in [0.4, 0.5) is 0 Å². The van der Waals surface area contributed by atoms with Crippen LogP contribution in [0.15, 0.2) is 4.99 Å². The van der Waals surface area contributed by atoms with Crippen molar-refractivity contribution in [2.75, 3.05) is 19.7 Å². The Morgan fingerprint density at radius 2 is 2.25 bits per heavy atom. The molecule has 92 valence electrons. The summed E-state index contributed by atoms with van der Waals surface area (Å²) in [6, 6.07) is 0.511. The Balaban J connectivity index is 1.80. The third-order valence-corrected chi connectivity index (χ3v) is 3.12. The average Bonchev–Trinajstić information content (AvgIpc) is 3.10. The molecule has 4 heteroatoms. The summed E-state index contributed by atoms with van der Waals surface area (Å²) in [6.45, 7) is 4.96.